The van der Waals surface area contributed by atoms with Gasteiger partial charge in [-0.2, -0.15) is 0 Å². The van der Waals surface area contributed by atoms with Crippen LogP contribution >= 0.6 is 0 Å². The molecule has 142 valence electrons. The zero-order valence-corrected chi connectivity index (χ0v) is 12.9. The van der Waals surface area contributed by atoms with Crippen LogP contribution in [0.5, 0.6) is 0 Å². The number of ether oxygens (including phenoxy) is 3. The van der Waals surface area contributed by atoms with Crippen molar-refractivity contribution in [1.82, 2.24) is 0 Å². The molecule has 0 radical (unpaired) electrons. The average Bonchev–Trinajstić information content (AvgIpc) is 2.55. The highest BCUT2D eigenvalue weighted by Crippen LogP contribution is 2.32. The second-order valence-corrected chi connectivity index (χ2v) is 6.13. The fraction of sp³-hybridized carbons (Fsp3) is 1.00. The molecule has 2 saturated heterocycles. The molecule has 2 heterocycles. The van der Waals surface area contributed by atoms with Crippen LogP contribution in [0.25, 0.3) is 0 Å². The van der Waals surface area contributed by atoms with Gasteiger partial charge in [0.05, 0.1) is 13.2 Å². The minimum atomic E-state index is -2.14. The quantitative estimate of drug-likeness (QED) is 0.241. The Morgan fingerprint density at radius 3 is 2.00 bits per heavy atom. The van der Waals surface area contributed by atoms with E-state index in [0.29, 0.717) is 0 Å². The predicted molar refractivity (Wildman–Crippen MR) is 73.2 cm³/mol. The van der Waals surface area contributed by atoms with Crippen molar-refractivity contribution in [2.24, 2.45) is 0 Å². The van der Waals surface area contributed by atoms with Gasteiger partial charge in [-0.1, -0.05) is 0 Å². The Morgan fingerprint density at radius 2 is 1.46 bits per heavy atom. The number of aliphatic hydroxyl groups is 8. The van der Waals surface area contributed by atoms with Crippen LogP contribution in [-0.2, 0) is 14.2 Å². The van der Waals surface area contributed by atoms with Gasteiger partial charge in [0.15, 0.2) is 12.1 Å². The van der Waals surface area contributed by atoms with Gasteiger partial charge in [0.2, 0.25) is 0 Å². The highest BCUT2D eigenvalue weighted by molar-refractivity contribution is 4.96. The molecule has 0 saturated carbocycles. The second-order valence-electron chi connectivity index (χ2n) is 6.13. The summed E-state index contributed by atoms with van der Waals surface area (Å²) in [5, 5.41) is 77.7. The Bertz CT molecular complexity index is 415. The Balaban J connectivity index is 2.15. The first kappa shape index (κ1) is 19.9. The van der Waals surface area contributed by atoms with E-state index >= 15 is 0 Å². The van der Waals surface area contributed by atoms with E-state index in [0.717, 1.165) is 6.92 Å². The van der Waals surface area contributed by atoms with E-state index in [1.165, 1.54) is 0 Å². The van der Waals surface area contributed by atoms with Crippen molar-refractivity contribution in [3.63, 3.8) is 0 Å². The second kappa shape index (κ2) is 7.43. The number of hydrogen-bond donors (Lipinski definition) is 8. The summed E-state index contributed by atoms with van der Waals surface area (Å²) >= 11 is 0. The maximum absolute atomic E-state index is 10.1. The highest BCUT2D eigenvalue weighted by Gasteiger charge is 2.53. The van der Waals surface area contributed by atoms with Gasteiger partial charge < -0.3 is 55.1 Å². The number of aliphatic hydroxyl groups excluding tert-OH is 7. The monoisotopic (exact) mass is 356 g/mol. The molecule has 2 fully saturated rings. The maximum Gasteiger partial charge on any atom is 0.192 e. The van der Waals surface area contributed by atoms with Crippen molar-refractivity contribution in [2.75, 3.05) is 13.2 Å². The van der Waals surface area contributed by atoms with Crippen LogP contribution in [0.3, 0.4) is 0 Å². The minimum absolute atomic E-state index is 0.671. The number of rotatable bonds is 4. The van der Waals surface area contributed by atoms with E-state index in [-0.39, 0.29) is 0 Å². The lowest BCUT2D eigenvalue weighted by atomic mass is 9.93. The van der Waals surface area contributed by atoms with Crippen molar-refractivity contribution in [3.05, 3.63) is 0 Å². The molecule has 1 unspecified atom stereocenters. The summed E-state index contributed by atoms with van der Waals surface area (Å²) in [6.45, 7) is -0.273. The third-order valence-corrected chi connectivity index (χ3v) is 4.28. The molecule has 11 heteroatoms. The van der Waals surface area contributed by atoms with E-state index in [9.17, 15) is 35.7 Å². The predicted octanol–water partition coefficient (Wildman–Crippen LogP) is -5.01. The fourth-order valence-corrected chi connectivity index (χ4v) is 2.80. The lowest BCUT2D eigenvalue weighted by Gasteiger charge is -2.48. The third kappa shape index (κ3) is 3.57. The lowest BCUT2D eigenvalue weighted by molar-refractivity contribution is -0.378. The molecule has 2 rings (SSSR count). The first-order chi connectivity index (χ1) is 11.1. The SMILES string of the molecule is CC1(O)O[C@H](CO)[C@@H](O[C@@H]2O[C@H](CO)[C@H](O)[C@H](O)[C@H]2O)[C@H](O)[C@H]1O. The molecule has 0 bridgehead atoms. The van der Waals surface area contributed by atoms with Gasteiger partial charge >= 0.3 is 0 Å². The lowest BCUT2D eigenvalue weighted by Crippen LogP contribution is -2.67. The summed E-state index contributed by atoms with van der Waals surface area (Å²) in [7, 11) is 0. The van der Waals surface area contributed by atoms with Gasteiger partial charge in [-0.25, -0.2) is 0 Å². The van der Waals surface area contributed by atoms with E-state index in [2.05, 4.69) is 0 Å². The van der Waals surface area contributed by atoms with Crippen LogP contribution in [0.15, 0.2) is 0 Å². The molecular weight excluding hydrogens is 332 g/mol. The molecule has 11 nitrogen and oxygen atoms in total. The molecule has 10 atom stereocenters. The van der Waals surface area contributed by atoms with E-state index in [1.54, 1.807) is 0 Å². The Hall–Kier alpha value is -0.440. The molecule has 2 aliphatic rings. The zero-order valence-electron chi connectivity index (χ0n) is 12.9. The van der Waals surface area contributed by atoms with Crippen LogP contribution in [0.4, 0.5) is 0 Å². The van der Waals surface area contributed by atoms with Crippen molar-refractivity contribution < 1.29 is 55.1 Å². The topological polar surface area (TPSA) is 190 Å². The zero-order chi connectivity index (χ0) is 18.2. The van der Waals surface area contributed by atoms with E-state index in [1.807, 2.05) is 0 Å². The molecular formula is C13H24O11. The van der Waals surface area contributed by atoms with Crippen molar-refractivity contribution >= 4 is 0 Å². The summed E-state index contributed by atoms with van der Waals surface area (Å²) in [5.41, 5.74) is 0. The first-order valence-electron chi connectivity index (χ1n) is 7.47. The van der Waals surface area contributed by atoms with Gasteiger partial charge in [0.1, 0.15) is 48.8 Å². The van der Waals surface area contributed by atoms with Crippen LogP contribution in [-0.4, -0.2) is 115 Å². The van der Waals surface area contributed by atoms with Crippen LogP contribution in [0.2, 0.25) is 0 Å². The molecule has 0 aromatic heterocycles. The van der Waals surface area contributed by atoms with Gasteiger partial charge in [-0.05, 0) is 6.92 Å². The average molecular weight is 356 g/mol. The third-order valence-electron chi connectivity index (χ3n) is 4.28. The van der Waals surface area contributed by atoms with Crippen LogP contribution in [0.1, 0.15) is 6.92 Å². The highest BCUT2D eigenvalue weighted by atomic mass is 16.7. The summed E-state index contributed by atoms with van der Waals surface area (Å²) in [6.07, 6.45) is -14.0. The van der Waals surface area contributed by atoms with Crippen molar-refractivity contribution in [1.29, 1.82) is 0 Å². The molecule has 24 heavy (non-hydrogen) atoms. The number of hydrogen-bond acceptors (Lipinski definition) is 11. The van der Waals surface area contributed by atoms with Gasteiger partial charge in [-0.3, -0.25) is 0 Å². The maximum atomic E-state index is 10.1. The summed E-state index contributed by atoms with van der Waals surface area (Å²) in [5.74, 6) is -2.14. The standard InChI is InChI=1S/C13H24O11/c1-13(21)11(20)9(19)10(5(3-15)24-13)23-12-8(18)7(17)6(16)4(2-14)22-12/h4-12,14-21H,2-3H2,1H3/t4-,5-,6+,7+,8-,9+,10-,11-,12+,13?/m1/s1. The van der Waals surface area contributed by atoms with Crippen molar-refractivity contribution in [2.45, 2.75) is 67.8 Å². The molecule has 0 aromatic carbocycles. The Labute approximate surface area is 137 Å². The summed E-state index contributed by atoms with van der Waals surface area (Å²) < 4.78 is 15.5. The van der Waals surface area contributed by atoms with Crippen molar-refractivity contribution in [3.8, 4) is 0 Å². The first-order valence-corrected chi connectivity index (χ1v) is 7.47. The molecule has 0 aliphatic carbocycles. The smallest absolute Gasteiger partial charge is 0.192 e. The Morgan fingerprint density at radius 1 is 0.875 bits per heavy atom. The molecule has 0 spiro atoms. The summed E-state index contributed by atoms with van der Waals surface area (Å²) in [6, 6.07) is 0. The Kier molecular flexibility index (Phi) is 6.16. The van der Waals surface area contributed by atoms with Gasteiger partial charge in [0, 0.05) is 0 Å². The van der Waals surface area contributed by atoms with E-state index in [4.69, 9.17) is 19.3 Å². The fourth-order valence-electron chi connectivity index (χ4n) is 2.80. The summed E-state index contributed by atoms with van der Waals surface area (Å²) in [4.78, 5) is 0. The van der Waals surface area contributed by atoms with Crippen LogP contribution in [0, 0.1) is 0 Å². The molecule has 0 aromatic rings. The molecule has 8 N–H and O–H groups in total. The molecule has 2 aliphatic heterocycles. The minimum Gasteiger partial charge on any atom is -0.394 e. The molecule has 0 amide bonds. The van der Waals surface area contributed by atoms with Crippen LogP contribution < -0.4 is 0 Å². The van der Waals surface area contributed by atoms with E-state index < -0.39 is 74.1 Å². The van der Waals surface area contributed by atoms with Gasteiger partial charge in [0.25, 0.3) is 0 Å². The largest absolute Gasteiger partial charge is 0.394 e. The normalized spacial score (nSPS) is 53.1. The van der Waals surface area contributed by atoms with Gasteiger partial charge in [-0.15, -0.1) is 0 Å².